The van der Waals surface area contributed by atoms with Crippen LogP contribution in [0.1, 0.15) is 37.8 Å². The Morgan fingerprint density at radius 2 is 1.45 bits per heavy atom. The molecule has 16 nitrogen and oxygen atoms in total. The summed E-state index contributed by atoms with van der Waals surface area (Å²) in [5.74, 6) is -1.45. The second kappa shape index (κ2) is 18.8. The Morgan fingerprint density at radius 3 is 2.06 bits per heavy atom. The van der Waals surface area contributed by atoms with Gasteiger partial charge in [-0.1, -0.05) is 56.3 Å². The van der Waals surface area contributed by atoms with Gasteiger partial charge in [0.25, 0.3) is 5.69 Å². The first-order valence-corrected chi connectivity index (χ1v) is 15.2. The molecule has 0 bridgehead atoms. The molecule has 0 aliphatic heterocycles. The smallest absolute Gasteiger partial charge is 0.445 e. The van der Waals surface area contributed by atoms with E-state index in [0.29, 0.717) is 17.7 Å². The van der Waals surface area contributed by atoms with Crippen LogP contribution in [0.15, 0.2) is 78.9 Å². The lowest BCUT2D eigenvalue weighted by atomic mass is 10.0. The third-order valence-corrected chi connectivity index (χ3v) is 6.86. The number of carbonyl (C=O) groups is 5. The Labute approximate surface area is 281 Å². The van der Waals surface area contributed by atoms with Crippen molar-refractivity contribution in [1.29, 1.82) is 0 Å². The summed E-state index contributed by atoms with van der Waals surface area (Å²) in [7, 11) is 0. The molecule has 0 heterocycles. The van der Waals surface area contributed by atoms with E-state index in [0.717, 1.165) is 5.56 Å². The Balaban J connectivity index is 1.57. The number of urea groups is 1. The van der Waals surface area contributed by atoms with Crippen LogP contribution in [-0.4, -0.2) is 53.6 Å². The standard InChI is InChI=1S/C33H38N6O10/c1-21(2)28(38-32(43)47-19-22-7-4-3-5-8-22)30(41)37-27(9-6-18-35-31(34)42)29(40)36-24-12-10-23(11-13-24)20-48-33(44)49-26-16-14-25(15-17-26)39(45)46/h3-5,7-8,10-17,21,27-28H,6,9,18-20H2,1-2H3,(H,36,40)(H,37,41)(H,38,43)(H3,34,35,42)/t27?,28-/m0/s1. The van der Waals surface area contributed by atoms with Gasteiger partial charge in [-0.05, 0) is 54.2 Å². The number of benzene rings is 3. The molecule has 0 aromatic heterocycles. The van der Waals surface area contributed by atoms with Crippen LogP contribution in [0.25, 0.3) is 0 Å². The van der Waals surface area contributed by atoms with Crippen molar-refractivity contribution in [2.24, 2.45) is 11.7 Å². The minimum Gasteiger partial charge on any atom is -0.445 e. The average Bonchev–Trinajstić information content (AvgIpc) is 3.07. The van der Waals surface area contributed by atoms with Crippen LogP contribution in [-0.2, 0) is 32.3 Å². The van der Waals surface area contributed by atoms with Gasteiger partial charge in [0.05, 0.1) is 4.92 Å². The number of nitro groups is 1. The van der Waals surface area contributed by atoms with E-state index in [4.69, 9.17) is 19.9 Å². The first-order chi connectivity index (χ1) is 23.4. The first kappa shape index (κ1) is 37.3. The number of rotatable bonds is 16. The number of nitrogens with zero attached hydrogens (tertiary/aromatic N) is 1. The molecule has 0 saturated carbocycles. The number of hydrogen-bond donors (Lipinski definition) is 5. The number of alkyl carbamates (subject to hydrolysis) is 1. The second-order valence-electron chi connectivity index (χ2n) is 11.0. The van der Waals surface area contributed by atoms with Crippen molar-refractivity contribution in [3.8, 4) is 5.75 Å². The van der Waals surface area contributed by atoms with Gasteiger partial charge in [-0.15, -0.1) is 0 Å². The molecule has 0 saturated heterocycles. The summed E-state index contributed by atoms with van der Waals surface area (Å²) in [6, 6.07) is 17.4. The number of carbonyl (C=O) groups excluding carboxylic acids is 5. The largest absolute Gasteiger partial charge is 0.514 e. The predicted octanol–water partition coefficient (Wildman–Crippen LogP) is 4.13. The van der Waals surface area contributed by atoms with Crippen LogP contribution in [0.5, 0.6) is 5.75 Å². The zero-order valence-corrected chi connectivity index (χ0v) is 26.9. The third kappa shape index (κ3) is 13.2. The molecule has 0 aliphatic carbocycles. The van der Waals surface area contributed by atoms with Gasteiger partial charge in [-0.3, -0.25) is 19.7 Å². The Kier molecular flexibility index (Phi) is 14.3. The molecule has 0 aliphatic rings. The SMILES string of the molecule is CC(C)[C@H](NC(=O)OCc1ccccc1)C(=O)NC(CCCNC(N)=O)C(=O)Nc1ccc(COC(=O)Oc2ccc([N+](=O)[O-])cc2)cc1. The van der Waals surface area contributed by atoms with Crippen molar-refractivity contribution in [3.05, 3.63) is 100 Å². The highest BCUT2D eigenvalue weighted by Gasteiger charge is 2.29. The predicted molar refractivity (Wildman–Crippen MR) is 176 cm³/mol. The number of nitro benzene ring substituents is 1. The summed E-state index contributed by atoms with van der Waals surface area (Å²) < 4.78 is 15.3. The molecule has 260 valence electrons. The van der Waals surface area contributed by atoms with Gasteiger partial charge in [-0.2, -0.15) is 0 Å². The number of hydrogen-bond acceptors (Lipinski definition) is 10. The molecule has 0 fully saturated rings. The minimum atomic E-state index is -1.05. The summed E-state index contributed by atoms with van der Waals surface area (Å²) in [5, 5.41) is 21.2. The highest BCUT2D eigenvalue weighted by atomic mass is 16.7. The molecule has 6 N–H and O–H groups in total. The molecule has 1 unspecified atom stereocenters. The molecule has 3 rings (SSSR count). The number of nitrogens with one attached hydrogen (secondary N) is 4. The maximum atomic E-state index is 13.3. The van der Waals surface area contributed by atoms with E-state index in [-0.39, 0.29) is 43.5 Å². The van der Waals surface area contributed by atoms with Crippen LogP contribution < -0.4 is 31.7 Å². The van der Waals surface area contributed by atoms with E-state index < -0.39 is 47.1 Å². The molecular weight excluding hydrogens is 640 g/mol. The number of nitrogens with two attached hydrogens (primary N) is 1. The topological polar surface area (TPSA) is 230 Å². The lowest BCUT2D eigenvalue weighted by Gasteiger charge is -2.25. The summed E-state index contributed by atoms with van der Waals surface area (Å²) in [4.78, 5) is 72.4. The molecular formula is C33H38N6O10. The van der Waals surface area contributed by atoms with Crippen molar-refractivity contribution in [1.82, 2.24) is 16.0 Å². The minimum absolute atomic E-state index is 0.00812. The van der Waals surface area contributed by atoms with E-state index in [1.165, 1.54) is 24.3 Å². The quantitative estimate of drug-likeness (QED) is 0.0478. The maximum absolute atomic E-state index is 13.3. The van der Waals surface area contributed by atoms with E-state index in [2.05, 4.69) is 21.3 Å². The maximum Gasteiger partial charge on any atom is 0.514 e. The fourth-order valence-corrected chi connectivity index (χ4v) is 4.29. The molecule has 3 aromatic carbocycles. The van der Waals surface area contributed by atoms with Crippen molar-refractivity contribution in [3.63, 3.8) is 0 Å². The highest BCUT2D eigenvalue weighted by Crippen LogP contribution is 2.18. The van der Waals surface area contributed by atoms with E-state index in [1.807, 2.05) is 6.07 Å². The molecule has 0 radical (unpaired) electrons. The van der Waals surface area contributed by atoms with Gasteiger partial charge in [0.1, 0.15) is 31.0 Å². The Hall–Kier alpha value is -6.19. The Morgan fingerprint density at radius 1 is 0.816 bits per heavy atom. The van der Waals surface area contributed by atoms with E-state index in [1.54, 1.807) is 62.4 Å². The molecule has 0 spiro atoms. The lowest BCUT2D eigenvalue weighted by molar-refractivity contribution is -0.384. The van der Waals surface area contributed by atoms with E-state index >= 15 is 0 Å². The highest BCUT2D eigenvalue weighted by molar-refractivity contribution is 5.98. The van der Waals surface area contributed by atoms with Crippen molar-refractivity contribution in [2.45, 2.75) is 52.0 Å². The van der Waals surface area contributed by atoms with Gasteiger partial charge in [-0.25, -0.2) is 14.4 Å². The fourth-order valence-electron chi connectivity index (χ4n) is 4.29. The average molecular weight is 679 g/mol. The van der Waals surface area contributed by atoms with Gasteiger partial charge in [0.2, 0.25) is 11.8 Å². The van der Waals surface area contributed by atoms with Gasteiger partial charge >= 0.3 is 18.3 Å². The fraction of sp³-hybridized carbons (Fsp3) is 0.303. The summed E-state index contributed by atoms with van der Waals surface area (Å²) in [6.07, 6.45) is -1.39. The van der Waals surface area contributed by atoms with E-state index in [9.17, 15) is 34.1 Å². The van der Waals surface area contributed by atoms with Crippen molar-refractivity contribution < 1.29 is 43.1 Å². The number of ether oxygens (including phenoxy) is 3. The Bertz CT molecular complexity index is 1580. The van der Waals surface area contributed by atoms with Crippen molar-refractivity contribution in [2.75, 3.05) is 11.9 Å². The summed E-state index contributed by atoms with van der Waals surface area (Å²) >= 11 is 0. The zero-order chi connectivity index (χ0) is 35.8. The molecule has 16 heteroatoms. The van der Waals surface area contributed by atoms with Crippen molar-refractivity contribution >= 4 is 41.5 Å². The van der Waals surface area contributed by atoms with Crippen LogP contribution >= 0.6 is 0 Å². The van der Waals surface area contributed by atoms with Crippen LogP contribution in [0, 0.1) is 16.0 Å². The van der Waals surface area contributed by atoms with Gasteiger partial charge in [0.15, 0.2) is 0 Å². The zero-order valence-electron chi connectivity index (χ0n) is 26.9. The second-order valence-corrected chi connectivity index (χ2v) is 11.0. The molecule has 5 amide bonds. The third-order valence-electron chi connectivity index (χ3n) is 6.86. The van der Waals surface area contributed by atoms with Gasteiger partial charge in [0, 0.05) is 24.4 Å². The first-order valence-electron chi connectivity index (χ1n) is 15.2. The van der Waals surface area contributed by atoms with Crippen LogP contribution in [0.4, 0.5) is 25.8 Å². The molecule has 49 heavy (non-hydrogen) atoms. The van der Waals surface area contributed by atoms with Gasteiger partial charge < -0.3 is 41.2 Å². The lowest BCUT2D eigenvalue weighted by Crippen LogP contribution is -2.54. The summed E-state index contributed by atoms with van der Waals surface area (Å²) in [6.45, 7) is 3.47. The number of primary amides is 1. The number of non-ortho nitro benzene ring substituents is 1. The molecule has 3 aromatic rings. The summed E-state index contributed by atoms with van der Waals surface area (Å²) in [5.41, 5.74) is 6.68. The molecule has 2 atom stereocenters. The number of anilines is 1. The normalized spacial score (nSPS) is 11.7. The van der Waals surface area contributed by atoms with Crippen LogP contribution in [0.2, 0.25) is 0 Å². The van der Waals surface area contributed by atoms with Crippen LogP contribution in [0.3, 0.4) is 0 Å². The number of amides is 5. The monoisotopic (exact) mass is 678 g/mol.